The number of imide groups is 1. The summed E-state index contributed by atoms with van der Waals surface area (Å²) < 4.78 is 15.9. The number of carbonyl (C=O) groups is 3. The van der Waals surface area contributed by atoms with Crippen molar-refractivity contribution >= 4 is 29.6 Å². The van der Waals surface area contributed by atoms with Crippen molar-refractivity contribution in [2.45, 2.75) is 45.7 Å². The third kappa shape index (κ3) is 4.96. The van der Waals surface area contributed by atoms with Gasteiger partial charge in [-0.2, -0.15) is 0 Å². The van der Waals surface area contributed by atoms with Gasteiger partial charge in [0.2, 0.25) is 11.9 Å². The fourth-order valence-corrected chi connectivity index (χ4v) is 4.93. The molecule has 0 radical (unpaired) electrons. The molecule has 1 aromatic carbocycles. The van der Waals surface area contributed by atoms with E-state index in [0.29, 0.717) is 29.3 Å². The molecule has 1 fully saturated rings. The van der Waals surface area contributed by atoms with Gasteiger partial charge in [0, 0.05) is 32.7 Å². The molecule has 10 nitrogen and oxygen atoms in total. The molecule has 3 N–H and O–H groups in total. The summed E-state index contributed by atoms with van der Waals surface area (Å²) in [4.78, 5) is 51.0. The summed E-state index contributed by atoms with van der Waals surface area (Å²) in [6.45, 7) is 5.21. The highest BCUT2D eigenvalue weighted by atomic mass is 19.1. The zero-order chi connectivity index (χ0) is 27.7. The second-order valence-corrected chi connectivity index (χ2v) is 9.67. The van der Waals surface area contributed by atoms with E-state index in [1.54, 1.807) is 69.2 Å². The number of benzene rings is 1. The van der Waals surface area contributed by atoms with Gasteiger partial charge in [-0.3, -0.25) is 19.4 Å². The number of β-lactam (4-membered cyclic amide) rings is 1. The SMILES string of the molecule is CCC(NC(=O)N1C(=O)[C@H](Cc2ccnc(N)c2)[C@H]1C(=O)N(C)c1nccn1C)c1cc(C)c(F)c(C)c1. The number of nitrogens with two attached hydrogens (primary N) is 1. The average molecular weight is 522 g/mol. The van der Waals surface area contributed by atoms with Crippen molar-refractivity contribution in [3.05, 3.63) is 70.9 Å². The van der Waals surface area contributed by atoms with E-state index in [0.717, 1.165) is 16.0 Å². The Kier molecular flexibility index (Phi) is 7.47. The Bertz CT molecular complexity index is 1370. The standard InChI is InChI=1S/C27H32FN7O3/c1-6-20(18-11-15(2)22(28)16(3)12-18)32-27(38)35-23(25(37)34(5)26-31-9-10-33(26)4)19(24(35)36)13-17-7-8-30-21(29)14-17/h7-12,14,19-20,23H,6,13H2,1-5H3,(H2,29,30)(H,32,38)/t19-,20?,23+/m1/s1. The number of nitrogens with zero attached hydrogens (tertiary/aromatic N) is 5. The molecule has 0 bridgehead atoms. The van der Waals surface area contributed by atoms with Crippen LogP contribution >= 0.6 is 0 Å². The molecule has 200 valence electrons. The van der Waals surface area contributed by atoms with Crippen LogP contribution in [0.1, 0.15) is 41.6 Å². The van der Waals surface area contributed by atoms with Crippen molar-refractivity contribution < 1.29 is 18.8 Å². The van der Waals surface area contributed by atoms with Crippen LogP contribution in [0.2, 0.25) is 0 Å². The Hall–Kier alpha value is -4.28. The Balaban J connectivity index is 1.62. The highest BCUT2D eigenvalue weighted by Gasteiger charge is 2.55. The maximum atomic E-state index is 14.2. The van der Waals surface area contributed by atoms with Gasteiger partial charge in [0.05, 0.1) is 12.0 Å². The number of likely N-dealkylation sites (tertiary alicyclic amines) is 1. The molecule has 0 aliphatic carbocycles. The first-order valence-corrected chi connectivity index (χ1v) is 12.4. The van der Waals surface area contributed by atoms with Crippen molar-refractivity contribution in [3.63, 3.8) is 0 Å². The van der Waals surface area contributed by atoms with E-state index in [-0.39, 0.29) is 12.2 Å². The van der Waals surface area contributed by atoms with E-state index in [9.17, 15) is 18.8 Å². The molecule has 4 amide bonds. The average Bonchev–Trinajstić information content (AvgIpc) is 3.31. The number of anilines is 2. The van der Waals surface area contributed by atoms with Crippen LogP contribution in [0.15, 0.2) is 42.9 Å². The van der Waals surface area contributed by atoms with Crippen LogP contribution in [0, 0.1) is 25.6 Å². The monoisotopic (exact) mass is 521 g/mol. The van der Waals surface area contributed by atoms with Crippen LogP contribution in [0.4, 0.5) is 21.0 Å². The predicted octanol–water partition coefficient (Wildman–Crippen LogP) is 3.05. The maximum absolute atomic E-state index is 14.2. The molecule has 1 unspecified atom stereocenters. The van der Waals surface area contributed by atoms with Crippen LogP contribution in [-0.2, 0) is 23.1 Å². The summed E-state index contributed by atoms with van der Waals surface area (Å²) in [5.74, 6) is -1.30. The summed E-state index contributed by atoms with van der Waals surface area (Å²) in [5, 5.41) is 2.87. The van der Waals surface area contributed by atoms with E-state index in [1.807, 2.05) is 6.92 Å². The number of urea groups is 1. The number of hydrogen-bond acceptors (Lipinski definition) is 6. The molecule has 2 aromatic heterocycles. The van der Waals surface area contributed by atoms with Crippen LogP contribution in [0.3, 0.4) is 0 Å². The molecule has 1 aliphatic rings. The van der Waals surface area contributed by atoms with Gasteiger partial charge in [-0.15, -0.1) is 0 Å². The summed E-state index contributed by atoms with van der Waals surface area (Å²) in [6, 6.07) is 4.53. The van der Waals surface area contributed by atoms with Crippen LogP contribution in [0.5, 0.6) is 0 Å². The number of likely N-dealkylation sites (N-methyl/N-ethyl adjacent to an activating group) is 1. The number of imidazole rings is 1. The number of pyridine rings is 1. The van der Waals surface area contributed by atoms with Gasteiger partial charge in [0.15, 0.2) is 0 Å². The number of nitrogen functional groups attached to an aromatic ring is 1. The molecule has 0 saturated carbocycles. The van der Waals surface area contributed by atoms with E-state index in [1.165, 1.54) is 11.1 Å². The van der Waals surface area contributed by atoms with Crippen molar-refractivity contribution in [1.29, 1.82) is 0 Å². The summed E-state index contributed by atoms with van der Waals surface area (Å²) in [6.07, 6.45) is 5.52. The molecule has 3 atom stereocenters. The van der Waals surface area contributed by atoms with Crippen molar-refractivity contribution in [1.82, 2.24) is 24.8 Å². The zero-order valence-electron chi connectivity index (χ0n) is 22.1. The Morgan fingerprint density at radius 2 is 1.87 bits per heavy atom. The minimum absolute atomic E-state index is 0.216. The second kappa shape index (κ2) is 10.6. The maximum Gasteiger partial charge on any atom is 0.325 e. The van der Waals surface area contributed by atoms with Gasteiger partial charge in [0.25, 0.3) is 5.91 Å². The van der Waals surface area contributed by atoms with Gasteiger partial charge in [-0.1, -0.05) is 19.1 Å². The minimum Gasteiger partial charge on any atom is -0.384 e. The van der Waals surface area contributed by atoms with E-state index in [4.69, 9.17) is 5.73 Å². The van der Waals surface area contributed by atoms with Crippen molar-refractivity contribution in [2.24, 2.45) is 13.0 Å². The Labute approximate surface area is 220 Å². The number of carbonyl (C=O) groups excluding carboxylic acids is 3. The fraction of sp³-hybridized carbons (Fsp3) is 0.370. The van der Waals surface area contributed by atoms with Crippen LogP contribution < -0.4 is 16.0 Å². The largest absolute Gasteiger partial charge is 0.384 e. The lowest BCUT2D eigenvalue weighted by molar-refractivity contribution is -0.156. The zero-order valence-corrected chi connectivity index (χ0v) is 22.1. The van der Waals surface area contributed by atoms with Crippen molar-refractivity contribution in [2.75, 3.05) is 17.7 Å². The predicted molar refractivity (Wildman–Crippen MR) is 141 cm³/mol. The highest BCUT2D eigenvalue weighted by Crippen LogP contribution is 2.33. The number of nitrogens with one attached hydrogen (secondary N) is 1. The van der Waals surface area contributed by atoms with Crippen LogP contribution in [-0.4, -0.2) is 50.4 Å². The quantitative estimate of drug-likeness (QED) is 0.460. The third-order valence-electron chi connectivity index (χ3n) is 6.98. The topological polar surface area (TPSA) is 126 Å². The van der Waals surface area contributed by atoms with Gasteiger partial charge < -0.3 is 15.6 Å². The van der Waals surface area contributed by atoms with Crippen LogP contribution in [0.25, 0.3) is 0 Å². The number of amides is 4. The third-order valence-corrected chi connectivity index (χ3v) is 6.98. The summed E-state index contributed by atoms with van der Waals surface area (Å²) in [5.41, 5.74) is 8.19. The Morgan fingerprint density at radius 1 is 1.18 bits per heavy atom. The molecule has 3 heterocycles. The highest BCUT2D eigenvalue weighted by molar-refractivity contribution is 6.12. The molecular formula is C27H32FN7O3. The van der Waals surface area contributed by atoms with Gasteiger partial charge >= 0.3 is 6.03 Å². The number of hydrogen-bond donors (Lipinski definition) is 2. The summed E-state index contributed by atoms with van der Waals surface area (Å²) in [7, 11) is 3.31. The van der Waals surface area contributed by atoms with E-state index >= 15 is 0 Å². The lowest BCUT2D eigenvalue weighted by Crippen LogP contribution is -2.70. The molecule has 11 heteroatoms. The first-order valence-electron chi connectivity index (χ1n) is 12.4. The minimum atomic E-state index is -1.05. The number of aromatic nitrogens is 3. The number of rotatable bonds is 7. The first-order chi connectivity index (χ1) is 18.0. The van der Waals surface area contributed by atoms with E-state index < -0.39 is 35.8 Å². The lowest BCUT2D eigenvalue weighted by Gasteiger charge is -2.45. The second-order valence-electron chi connectivity index (χ2n) is 9.67. The molecule has 38 heavy (non-hydrogen) atoms. The first kappa shape index (κ1) is 26.8. The Morgan fingerprint density at radius 3 is 2.45 bits per heavy atom. The fourth-order valence-electron chi connectivity index (χ4n) is 4.93. The van der Waals surface area contributed by atoms with Gasteiger partial charge in [-0.25, -0.2) is 19.2 Å². The number of halogens is 1. The molecule has 1 saturated heterocycles. The van der Waals surface area contributed by atoms with Gasteiger partial charge in [0.1, 0.15) is 17.7 Å². The normalized spacial score (nSPS) is 17.6. The van der Waals surface area contributed by atoms with E-state index in [2.05, 4.69) is 15.3 Å². The van der Waals surface area contributed by atoms with Crippen molar-refractivity contribution in [3.8, 4) is 0 Å². The molecular weight excluding hydrogens is 489 g/mol. The van der Waals surface area contributed by atoms with Gasteiger partial charge in [-0.05, 0) is 61.1 Å². The smallest absolute Gasteiger partial charge is 0.325 e. The molecule has 0 spiro atoms. The summed E-state index contributed by atoms with van der Waals surface area (Å²) >= 11 is 0. The number of aryl methyl sites for hydroxylation is 3. The molecule has 3 aromatic rings. The molecule has 1 aliphatic heterocycles. The molecule has 4 rings (SSSR count). The lowest BCUT2D eigenvalue weighted by atomic mass is 9.81.